The first kappa shape index (κ1) is 13.9. The summed E-state index contributed by atoms with van der Waals surface area (Å²) in [4.78, 5) is 23.8. The van der Waals surface area contributed by atoms with Crippen LogP contribution in [0.5, 0.6) is 0 Å². The molecule has 0 unspecified atom stereocenters. The molecule has 2 amide bonds. The molecule has 0 saturated carbocycles. The molecule has 0 radical (unpaired) electrons. The average Bonchev–Trinajstić information content (AvgIpc) is 2.24. The Hall–Kier alpha value is -1.14. The molecule has 0 aromatic carbocycles. The molecule has 0 spiro atoms. The van der Waals surface area contributed by atoms with Crippen molar-refractivity contribution in [1.82, 2.24) is 10.2 Å². The van der Waals surface area contributed by atoms with Crippen molar-refractivity contribution < 1.29 is 19.8 Å². The highest BCUT2D eigenvalue weighted by molar-refractivity contribution is 6.34. The Bertz CT molecular complexity index is 202. The van der Waals surface area contributed by atoms with E-state index >= 15 is 0 Å². The third kappa shape index (κ3) is 5.34. The summed E-state index contributed by atoms with van der Waals surface area (Å²) in [5, 5.41) is 19.8. The van der Waals surface area contributed by atoms with E-state index in [2.05, 4.69) is 5.32 Å². The lowest BCUT2D eigenvalue weighted by atomic mass is 10.4. The smallest absolute Gasteiger partial charge is 0.312 e. The van der Waals surface area contributed by atoms with Crippen LogP contribution >= 0.6 is 0 Å². The van der Waals surface area contributed by atoms with Crippen molar-refractivity contribution in [1.29, 1.82) is 0 Å². The van der Waals surface area contributed by atoms with Gasteiger partial charge in [-0.25, -0.2) is 0 Å². The van der Waals surface area contributed by atoms with E-state index in [4.69, 9.17) is 10.2 Å². The SMILES string of the molecule is CCCNC(=O)C(=O)N(CCO)CCO. The van der Waals surface area contributed by atoms with Crippen LogP contribution in [0.25, 0.3) is 0 Å². The van der Waals surface area contributed by atoms with E-state index in [-0.39, 0.29) is 26.3 Å². The quantitative estimate of drug-likeness (QED) is 0.465. The molecule has 0 rings (SSSR count). The van der Waals surface area contributed by atoms with Crippen molar-refractivity contribution in [2.75, 3.05) is 32.8 Å². The minimum absolute atomic E-state index is 0.0545. The topological polar surface area (TPSA) is 89.9 Å². The van der Waals surface area contributed by atoms with E-state index in [1.807, 2.05) is 6.92 Å². The van der Waals surface area contributed by atoms with Gasteiger partial charge in [0, 0.05) is 19.6 Å². The van der Waals surface area contributed by atoms with Crippen LogP contribution in [0.2, 0.25) is 0 Å². The van der Waals surface area contributed by atoms with Crippen molar-refractivity contribution in [3.8, 4) is 0 Å². The van der Waals surface area contributed by atoms with Crippen molar-refractivity contribution in [3.05, 3.63) is 0 Å². The van der Waals surface area contributed by atoms with Crippen LogP contribution in [0.3, 0.4) is 0 Å². The van der Waals surface area contributed by atoms with E-state index in [9.17, 15) is 9.59 Å². The monoisotopic (exact) mass is 218 g/mol. The van der Waals surface area contributed by atoms with Crippen LogP contribution in [0, 0.1) is 0 Å². The summed E-state index contributed by atoms with van der Waals surface area (Å²) in [6.07, 6.45) is 0.749. The highest BCUT2D eigenvalue weighted by Gasteiger charge is 2.19. The first-order valence-electron chi connectivity index (χ1n) is 4.96. The number of aliphatic hydroxyl groups excluding tert-OH is 2. The summed E-state index contributed by atoms with van der Waals surface area (Å²) in [7, 11) is 0. The zero-order chi connectivity index (χ0) is 11.7. The van der Waals surface area contributed by atoms with Gasteiger partial charge in [0.1, 0.15) is 0 Å². The molecule has 0 aliphatic rings. The molecule has 0 aromatic rings. The second-order valence-corrected chi connectivity index (χ2v) is 3.00. The first-order valence-corrected chi connectivity index (χ1v) is 4.96. The number of nitrogens with one attached hydrogen (secondary N) is 1. The van der Waals surface area contributed by atoms with E-state index < -0.39 is 11.8 Å². The highest BCUT2D eigenvalue weighted by atomic mass is 16.3. The maximum atomic E-state index is 11.4. The summed E-state index contributed by atoms with van der Waals surface area (Å²) >= 11 is 0. The van der Waals surface area contributed by atoms with Gasteiger partial charge in [-0.3, -0.25) is 9.59 Å². The van der Waals surface area contributed by atoms with Crippen LogP contribution < -0.4 is 5.32 Å². The Morgan fingerprint density at radius 3 is 2.13 bits per heavy atom. The molecule has 3 N–H and O–H groups in total. The standard InChI is InChI=1S/C9H18N2O4/c1-2-3-10-8(14)9(15)11(4-6-12)5-7-13/h12-13H,2-7H2,1H3,(H,10,14). The molecule has 0 fully saturated rings. The minimum atomic E-state index is -0.716. The largest absolute Gasteiger partial charge is 0.395 e. The number of amides is 2. The molecular weight excluding hydrogens is 200 g/mol. The number of hydrogen-bond donors (Lipinski definition) is 3. The molecule has 0 aliphatic carbocycles. The van der Waals surface area contributed by atoms with Crippen LogP contribution in [0.15, 0.2) is 0 Å². The van der Waals surface area contributed by atoms with Gasteiger partial charge in [0.2, 0.25) is 0 Å². The maximum Gasteiger partial charge on any atom is 0.312 e. The molecule has 88 valence electrons. The lowest BCUT2D eigenvalue weighted by Gasteiger charge is -2.19. The van der Waals surface area contributed by atoms with Gasteiger partial charge in [0.05, 0.1) is 13.2 Å². The summed E-state index contributed by atoms with van der Waals surface area (Å²) in [6, 6.07) is 0. The van der Waals surface area contributed by atoms with Crippen molar-refractivity contribution >= 4 is 11.8 Å². The fourth-order valence-electron chi connectivity index (χ4n) is 1.01. The van der Waals surface area contributed by atoms with E-state index in [1.165, 1.54) is 0 Å². The molecule has 0 atom stereocenters. The molecular formula is C9H18N2O4. The number of rotatable bonds is 6. The fourth-order valence-corrected chi connectivity index (χ4v) is 1.01. The van der Waals surface area contributed by atoms with Gasteiger partial charge >= 0.3 is 11.8 Å². The first-order chi connectivity index (χ1) is 7.17. The summed E-state index contributed by atoms with van der Waals surface area (Å²) < 4.78 is 0. The van der Waals surface area contributed by atoms with Crippen molar-refractivity contribution in [2.24, 2.45) is 0 Å². The Kier molecular flexibility index (Phi) is 7.57. The van der Waals surface area contributed by atoms with E-state index in [0.29, 0.717) is 6.54 Å². The lowest BCUT2D eigenvalue weighted by molar-refractivity contribution is -0.146. The van der Waals surface area contributed by atoms with Gasteiger partial charge in [-0.1, -0.05) is 6.92 Å². The Morgan fingerprint density at radius 1 is 1.20 bits per heavy atom. The summed E-state index contributed by atoms with van der Waals surface area (Å²) in [6.45, 7) is 1.97. The number of carbonyl (C=O) groups excluding carboxylic acids is 2. The molecule has 6 nitrogen and oxygen atoms in total. The van der Waals surface area contributed by atoms with E-state index in [0.717, 1.165) is 11.3 Å². The molecule has 0 saturated heterocycles. The van der Waals surface area contributed by atoms with Gasteiger partial charge in [0.15, 0.2) is 0 Å². The second kappa shape index (κ2) is 8.19. The number of aliphatic hydroxyl groups is 2. The number of carbonyl (C=O) groups is 2. The number of nitrogens with zero attached hydrogens (tertiary/aromatic N) is 1. The summed E-state index contributed by atoms with van der Waals surface area (Å²) in [5.74, 6) is -1.41. The molecule has 6 heteroatoms. The molecule has 0 bridgehead atoms. The van der Waals surface area contributed by atoms with Gasteiger partial charge < -0.3 is 20.4 Å². The van der Waals surface area contributed by atoms with Crippen LogP contribution in [0.1, 0.15) is 13.3 Å². The predicted octanol–water partition coefficient (Wildman–Crippen LogP) is -1.67. The van der Waals surface area contributed by atoms with E-state index in [1.54, 1.807) is 0 Å². The molecule has 0 aliphatic heterocycles. The highest BCUT2D eigenvalue weighted by Crippen LogP contribution is 1.89. The Balaban J connectivity index is 4.15. The third-order valence-corrected chi connectivity index (χ3v) is 1.76. The third-order valence-electron chi connectivity index (χ3n) is 1.76. The zero-order valence-corrected chi connectivity index (χ0v) is 8.90. The molecule has 0 heterocycles. The Labute approximate surface area is 88.9 Å². The van der Waals surface area contributed by atoms with Gasteiger partial charge in [-0.05, 0) is 6.42 Å². The fraction of sp³-hybridized carbons (Fsp3) is 0.778. The Morgan fingerprint density at radius 2 is 1.73 bits per heavy atom. The van der Waals surface area contributed by atoms with Gasteiger partial charge in [-0.2, -0.15) is 0 Å². The molecule has 15 heavy (non-hydrogen) atoms. The summed E-state index contributed by atoms with van der Waals surface area (Å²) in [5.41, 5.74) is 0. The van der Waals surface area contributed by atoms with Crippen molar-refractivity contribution in [3.63, 3.8) is 0 Å². The van der Waals surface area contributed by atoms with Gasteiger partial charge in [0.25, 0.3) is 0 Å². The minimum Gasteiger partial charge on any atom is -0.395 e. The van der Waals surface area contributed by atoms with Crippen LogP contribution in [0.4, 0.5) is 0 Å². The normalized spacial score (nSPS) is 9.80. The van der Waals surface area contributed by atoms with Crippen LogP contribution in [-0.4, -0.2) is 59.8 Å². The van der Waals surface area contributed by atoms with Gasteiger partial charge in [-0.15, -0.1) is 0 Å². The number of hydrogen-bond acceptors (Lipinski definition) is 4. The van der Waals surface area contributed by atoms with Crippen LogP contribution in [-0.2, 0) is 9.59 Å². The maximum absolute atomic E-state index is 11.4. The average molecular weight is 218 g/mol. The zero-order valence-electron chi connectivity index (χ0n) is 8.90. The lowest BCUT2D eigenvalue weighted by Crippen LogP contribution is -2.45. The second-order valence-electron chi connectivity index (χ2n) is 3.00. The molecule has 0 aromatic heterocycles. The predicted molar refractivity (Wildman–Crippen MR) is 54.1 cm³/mol. The van der Waals surface area contributed by atoms with Crippen molar-refractivity contribution in [2.45, 2.75) is 13.3 Å².